The van der Waals surface area contributed by atoms with Crippen LogP contribution in [0.25, 0.3) is 10.8 Å². The van der Waals surface area contributed by atoms with Gasteiger partial charge in [0.1, 0.15) is 17.9 Å². The van der Waals surface area contributed by atoms with Gasteiger partial charge >= 0.3 is 0 Å². The zero-order valence-corrected chi connectivity index (χ0v) is 20.0. The summed E-state index contributed by atoms with van der Waals surface area (Å²) in [4.78, 5) is 4.63. The molecule has 3 rings (SSSR count). The first-order valence-corrected chi connectivity index (χ1v) is 10.3. The number of rotatable bonds is 10. The van der Waals surface area contributed by atoms with Crippen molar-refractivity contribution in [1.29, 1.82) is 0 Å². The van der Waals surface area contributed by atoms with Crippen LogP contribution in [0.5, 0.6) is 5.75 Å². The highest BCUT2D eigenvalue weighted by Gasteiger charge is 2.02. The van der Waals surface area contributed by atoms with Crippen molar-refractivity contribution in [2.24, 2.45) is 4.99 Å². The lowest BCUT2D eigenvalue weighted by atomic mass is 10.1. The van der Waals surface area contributed by atoms with Crippen molar-refractivity contribution < 1.29 is 4.74 Å². The molecule has 0 saturated carbocycles. The van der Waals surface area contributed by atoms with Crippen LogP contribution in [0, 0.1) is 0 Å². The lowest BCUT2D eigenvalue weighted by molar-refractivity contribution is 0.314. The van der Waals surface area contributed by atoms with E-state index in [1.807, 2.05) is 18.2 Å². The number of nitrogens with zero attached hydrogens (tertiary/aromatic N) is 4. The molecule has 0 spiro atoms. The number of aromatic nitrogens is 3. The molecule has 0 unspecified atom stereocenters. The summed E-state index contributed by atoms with van der Waals surface area (Å²) in [6, 6.07) is 14.5. The van der Waals surface area contributed by atoms with E-state index in [1.165, 1.54) is 10.8 Å². The van der Waals surface area contributed by atoms with Crippen LogP contribution in [-0.4, -0.2) is 47.0 Å². The molecule has 162 valence electrons. The zero-order valence-electron chi connectivity index (χ0n) is 17.7. The summed E-state index contributed by atoms with van der Waals surface area (Å²) in [7, 11) is 0. The summed E-state index contributed by atoms with van der Waals surface area (Å²) >= 11 is 0. The molecule has 0 aliphatic heterocycles. The molecule has 7 nitrogen and oxygen atoms in total. The third kappa shape index (κ3) is 7.16. The largest absolute Gasteiger partial charge is 0.494 e. The minimum Gasteiger partial charge on any atom is -0.494 e. The predicted molar refractivity (Wildman–Crippen MR) is 133 cm³/mol. The number of nitrogens with one attached hydrogen (secondary N) is 2. The SMILES string of the molecule is CCNC(=NCCCOc1ccc2ccccc2c1)NCCn1cnnc1CC.I. The minimum absolute atomic E-state index is 0. The molecule has 30 heavy (non-hydrogen) atoms. The van der Waals surface area contributed by atoms with Gasteiger partial charge in [0.25, 0.3) is 0 Å². The Kier molecular flexibility index (Phi) is 10.4. The van der Waals surface area contributed by atoms with Crippen LogP contribution < -0.4 is 15.4 Å². The molecule has 2 N–H and O–H groups in total. The summed E-state index contributed by atoms with van der Waals surface area (Å²) in [5, 5.41) is 17.1. The van der Waals surface area contributed by atoms with Crippen molar-refractivity contribution >= 4 is 40.7 Å². The fourth-order valence-electron chi connectivity index (χ4n) is 3.08. The summed E-state index contributed by atoms with van der Waals surface area (Å²) in [5.74, 6) is 2.72. The normalized spacial score (nSPS) is 11.2. The molecule has 0 amide bonds. The maximum atomic E-state index is 5.88. The van der Waals surface area contributed by atoms with Gasteiger partial charge in [0.15, 0.2) is 5.96 Å². The van der Waals surface area contributed by atoms with Crippen LogP contribution >= 0.6 is 24.0 Å². The van der Waals surface area contributed by atoms with E-state index in [9.17, 15) is 0 Å². The predicted octanol–water partition coefficient (Wildman–Crippen LogP) is 3.64. The molecular weight excluding hydrogens is 491 g/mol. The fraction of sp³-hybridized carbons (Fsp3) is 0.409. The van der Waals surface area contributed by atoms with Crippen molar-refractivity contribution in [3.8, 4) is 5.75 Å². The van der Waals surface area contributed by atoms with Crippen LogP contribution in [0.2, 0.25) is 0 Å². The van der Waals surface area contributed by atoms with Crippen LogP contribution in [0.1, 0.15) is 26.1 Å². The van der Waals surface area contributed by atoms with Gasteiger partial charge in [-0.05, 0) is 29.8 Å². The number of fused-ring (bicyclic) bond motifs is 1. The third-order valence-corrected chi connectivity index (χ3v) is 4.56. The van der Waals surface area contributed by atoms with E-state index in [2.05, 4.69) is 68.5 Å². The van der Waals surface area contributed by atoms with Gasteiger partial charge in [-0.3, -0.25) is 4.99 Å². The average molecular weight is 522 g/mol. The number of aliphatic imine (C=N–C) groups is 1. The van der Waals surface area contributed by atoms with E-state index in [4.69, 9.17) is 4.74 Å². The van der Waals surface area contributed by atoms with Gasteiger partial charge in [-0.25, -0.2) is 0 Å². The lowest BCUT2D eigenvalue weighted by Gasteiger charge is -2.12. The van der Waals surface area contributed by atoms with E-state index in [1.54, 1.807) is 6.33 Å². The Hall–Kier alpha value is -2.36. The maximum absolute atomic E-state index is 5.88. The molecule has 0 atom stereocenters. The Morgan fingerprint density at radius 3 is 2.73 bits per heavy atom. The van der Waals surface area contributed by atoms with E-state index >= 15 is 0 Å². The number of hydrogen-bond acceptors (Lipinski definition) is 4. The first-order valence-electron chi connectivity index (χ1n) is 10.3. The standard InChI is InChI=1S/C22H30N6O.HI/c1-3-21-27-26-17-28(21)14-13-25-22(23-4-2)24-12-7-15-29-20-11-10-18-8-5-6-9-19(18)16-20;/h5-6,8-11,16-17H,3-4,7,12-15H2,1-2H3,(H2,23,24,25);1H. The van der Waals surface area contributed by atoms with Gasteiger partial charge in [-0.2, -0.15) is 0 Å². The second-order valence-corrected chi connectivity index (χ2v) is 6.69. The maximum Gasteiger partial charge on any atom is 0.191 e. The van der Waals surface area contributed by atoms with Gasteiger partial charge in [0.05, 0.1) is 6.61 Å². The molecule has 8 heteroatoms. The summed E-state index contributed by atoms with van der Waals surface area (Å²) in [6.45, 7) is 7.90. The lowest BCUT2D eigenvalue weighted by Crippen LogP contribution is -2.39. The highest BCUT2D eigenvalue weighted by atomic mass is 127. The van der Waals surface area contributed by atoms with Crippen molar-refractivity contribution in [2.75, 3.05) is 26.2 Å². The van der Waals surface area contributed by atoms with Gasteiger partial charge in [0.2, 0.25) is 0 Å². The van der Waals surface area contributed by atoms with Crippen LogP contribution in [0.15, 0.2) is 53.8 Å². The number of guanidine groups is 1. The third-order valence-electron chi connectivity index (χ3n) is 4.56. The molecule has 3 aromatic rings. The second-order valence-electron chi connectivity index (χ2n) is 6.69. The zero-order chi connectivity index (χ0) is 20.3. The van der Waals surface area contributed by atoms with E-state index in [0.717, 1.165) is 50.0 Å². The van der Waals surface area contributed by atoms with Gasteiger partial charge in [-0.15, -0.1) is 34.2 Å². The molecule has 1 heterocycles. The minimum atomic E-state index is 0. The summed E-state index contributed by atoms with van der Waals surface area (Å²) in [6.07, 6.45) is 3.51. The van der Waals surface area contributed by atoms with Crippen LogP contribution in [-0.2, 0) is 13.0 Å². The highest BCUT2D eigenvalue weighted by molar-refractivity contribution is 14.0. The van der Waals surface area contributed by atoms with Crippen LogP contribution in [0.4, 0.5) is 0 Å². The monoisotopic (exact) mass is 522 g/mol. The number of hydrogen-bond donors (Lipinski definition) is 2. The van der Waals surface area contributed by atoms with E-state index in [0.29, 0.717) is 13.2 Å². The highest BCUT2D eigenvalue weighted by Crippen LogP contribution is 2.20. The summed E-state index contributed by atoms with van der Waals surface area (Å²) in [5.41, 5.74) is 0. The average Bonchev–Trinajstić information content (AvgIpc) is 3.21. The van der Waals surface area contributed by atoms with Crippen LogP contribution in [0.3, 0.4) is 0 Å². The number of benzene rings is 2. The first kappa shape index (κ1) is 23.9. The van der Waals surface area contributed by atoms with Crippen molar-refractivity contribution in [2.45, 2.75) is 33.2 Å². The second kappa shape index (κ2) is 13.0. The Bertz CT molecular complexity index is 927. The van der Waals surface area contributed by atoms with Gasteiger partial charge in [-0.1, -0.05) is 37.3 Å². The quantitative estimate of drug-likeness (QED) is 0.184. The number of aryl methyl sites for hydroxylation is 1. The molecule has 0 bridgehead atoms. The number of ether oxygens (including phenoxy) is 1. The molecule has 1 aromatic heterocycles. The molecule has 0 fully saturated rings. The Labute approximate surface area is 195 Å². The molecule has 0 aliphatic carbocycles. The smallest absolute Gasteiger partial charge is 0.191 e. The molecule has 0 saturated heterocycles. The van der Waals surface area contributed by atoms with Crippen molar-refractivity contribution in [3.63, 3.8) is 0 Å². The first-order chi connectivity index (χ1) is 14.3. The Balaban J connectivity index is 0.00000320. The van der Waals surface area contributed by atoms with Gasteiger partial charge in [0, 0.05) is 39.0 Å². The van der Waals surface area contributed by atoms with E-state index < -0.39 is 0 Å². The molecular formula is C22H31IN6O. The Morgan fingerprint density at radius 1 is 1.10 bits per heavy atom. The number of halogens is 1. The van der Waals surface area contributed by atoms with Crippen molar-refractivity contribution in [1.82, 2.24) is 25.4 Å². The molecule has 0 radical (unpaired) electrons. The molecule has 2 aromatic carbocycles. The van der Waals surface area contributed by atoms with Gasteiger partial charge < -0.3 is 19.9 Å². The fourth-order valence-corrected chi connectivity index (χ4v) is 3.08. The van der Waals surface area contributed by atoms with Crippen molar-refractivity contribution in [3.05, 3.63) is 54.6 Å². The topological polar surface area (TPSA) is 76.4 Å². The van der Waals surface area contributed by atoms with E-state index in [-0.39, 0.29) is 24.0 Å². The molecule has 0 aliphatic rings. The Morgan fingerprint density at radius 2 is 1.93 bits per heavy atom. The summed E-state index contributed by atoms with van der Waals surface area (Å²) < 4.78 is 7.95.